The molecular weight excluding hydrogens is 403 g/mol. The van der Waals surface area contributed by atoms with E-state index in [1.165, 1.54) is 6.42 Å². The molecule has 5 nitrogen and oxygen atoms in total. The summed E-state index contributed by atoms with van der Waals surface area (Å²) in [6.07, 6.45) is 2.75. The van der Waals surface area contributed by atoms with E-state index in [-0.39, 0.29) is 35.3 Å². The number of carbonyl (C=O) groups excluding carboxylic acids is 1. The monoisotopic (exact) mass is 438 g/mol. The number of rotatable bonds is 6. The Bertz CT molecular complexity index is 396. The normalized spacial score (nSPS) is 18.8. The number of nitrogens with one attached hydrogen (secondary N) is 2. The first-order chi connectivity index (χ1) is 10.3. The summed E-state index contributed by atoms with van der Waals surface area (Å²) < 4.78 is 0. The zero-order valence-electron chi connectivity index (χ0n) is 15.6. The molecule has 1 saturated heterocycles. The second-order valence-electron chi connectivity index (χ2n) is 7.51. The number of aliphatic imine (C=N–C) groups is 1. The molecular formula is C17H35IN4O. The molecule has 0 radical (unpaired) electrons. The van der Waals surface area contributed by atoms with Crippen LogP contribution in [0.15, 0.2) is 4.99 Å². The Morgan fingerprint density at radius 2 is 2.04 bits per heavy atom. The lowest BCUT2D eigenvalue weighted by Crippen LogP contribution is -2.47. The van der Waals surface area contributed by atoms with E-state index in [4.69, 9.17) is 0 Å². The SMILES string of the molecule is CCC(=O)N1CCC(NC(=NC)NCC(C)(C)CC(C)C)C1.I. The molecule has 1 atom stereocenters. The minimum Gasteiger partial charge on any atom is -0.356 e. The number of carbonyl (C=O) groups is 1. The Morgan fingerprint density at radius 3 is 2.57 bits per heavy atom. The molecule has 1 unspecified atom stereocenters. The molecule has 23 heavy (non-hydrogen) atoms. The van der Waals surface area contributed by atoms with E-state index in [9.17, 15) is 4.79 Å². The van der Waals surface area contributed by atoms with Crippen LogP contribution in [0.1, 0.15) is 53.9 Å². The number of hydrogen-bond donors (Lipinski definition) is 2. The summed E-state index contributed by atoms with van der Waals surface area (Å²) in [5, 5.41) is 6.88. The molecule has 1 rings (SSSR count). The van der Waals surface area contributed by atoms with Gasteiger partial charge in [-0.3, -0.25) is 9.79 Å². The van der Waals surface area contributed by atoms with E-state index in [1.54, 1.807) is 7.05 Å². The summed E-state index contributed by atoms with van der Waals surface area (Å²) in [6.45, 7) is 13.5. The average Bonchev–Trinajstić information content (AvgIpc) is 2.89. The number of hydrogen-bond acceptors (Lipinski definition) is 2. The number of likely N-dealkylation sites (tertiary alicyclic amines) is 1. The van der Waals surface area contributed by atoms with Gasteiger partial charge in [0.25, 0.3) is 0 Å². The number of nitrogens with zero attached hydrogens (tertiary/aromatic N) is 2. The summed E-state index contributed by atoms with van der Waals surface area (Å²) in [5.41, 5.74) is 0.242. The molecule has 1 heterocycles. The van der Waals surface area contributed by atoms with Crippen molar-refractivity contribution in [2.75, 3.05) is 26.7 Å². The van der Waals surface area contributed by atoms with Crippen LogP contribution in [0.3, 0.4) is 0 Å². The molecule has 1 aliphatic rings. The Balaban J connectivity index is 0.00000484. The van der Waals surface area contributed by atoms with Gasteiger partial charge in [0.1, 0.15) is 0 Å². The highest BCUT2D eigenvalue weighted by molar-refractivity contribution is 14.0. The summed E-state index contributed by atoms with van der Waals surface area (Å²) in [7, 11) is 1.80. The molecule has 6 heteroatoms. The highest BCUT2D eigenvalue weighted by Crippen LogP contribution is 2.24. The fourth-order valence-corrected chi connectivity index (χ4v) is 3.22. The zero-order chi connectivity index (χ0) is 16.8. The van der Waals surface area contributed by atoms with Crippen LogP contribution >= 0.6 is 24.0 Å². The molecule has 136 valence electrons. The lowest BCUT2D eigenvalue weighted by molar-refractivity contribution is -0.129. The maximum Gasteiger partial charge on any atom is 0.222 e. The summed E-state index contributed by atoms with van der Waals surface area (Å²) in [6, 6.07) is 0.301. The highest BCUT2D eigenvalue weighted by atomic mass is 127. The number of amides is 1. The van der Waals surface area contributed by atoms with E-state index in [0.29, 0.717) is 18.4 Å². The van der Waals surface area contributed by atoms with Crippen LogP contribution in [0.25, 0.3) is 0 Å². The summed E-state index contributed by atoms with van der Waals surface area (Å²) in [5.74, 6) is 1.77. The lowest BCUT2D eigenvalue weighted by Gasteiger charge is -2.28. The van der Waals surface area contributed by atoms with Crippen LogP contribution in [0.2, 0.25) is 0 Å². The molecule has 1 aliphatic heterocycles. The van der Waals surface area contributed by atoms with E-state index in [1.807, 2.05) is 11.8 Å². The van der Waals surface area contributed by atoms with Gasteiger partial charge in [-0.25, -0.2) is 0 Å². The molecule has 1 amide bonds. The standard InChI is InChI=1S/C17H34N4O.HI/c1-7-15(22)21-9-8-14(11-21)20-16(18-6)19-12-17(4,5)10-13(2)3;/h13-14H,7-12H2,1-6H3,(H2,18,19,20);1H. The topological polar surface area (TPSA) is 56.7 Å². The van der Waals surface area contributed by atoms with Crippen molar-refractivity contribution in [3.8, 4) is 0 Å². The maximum absolute atomic E-state index is 11.7. The van der Waals surface area contributed by atoms with Crippen molar-refractivity contribution in [3.05, 3.63) is 0 Å². The largest absolute Gasteiger partial charge is 0.356 e. The molecule has 0 aliphatic carbocycles. The van der Waals surface area contributed by atoms with Crippen molar-refractivity contribution in [2.24, 2.45) is 16.3 Å². The van der Waals surface area contributed by atoms with E-state index in [2.05, 4.69) is 43.3 Å². The molecule has 1 fully saturated rings. The number of guanidine groups is 1. The molecule has 0 bridgehead atoms. The van der Waals surface area contributed by atoms with Crippen LogP contribution in [0.5, 0.6) is 0 Å². The molecule has 0 spiro atoms. The van der Waals surface area contributed by atoms with Crippen molar-refractivity contribution in [1.82, 2.24) is 15.5 Å². The third-order valence-corrected chi connectivity index (χ3v) is 4.10. The van der Waals surface area contributed by atoms with E-state index >= 15 is 0 Å². The number of halogens is 1. The van der Waals surface area contributed by atoms with Gasteiger partial charge in [0.05, 0.1) is 0 Å². The first kappa shape index (κ1) is 22.5. The Hall–Kier alpha value is -0.530. The van der Waals surface area contributed by atoms with Crippen molar-refractivity contribution in [3.63, 3.8) is 0 Å². The molecule has 0 saturated carbocycles. The molecule has 0 aromatic carbocycles. The van der Waals surface area contributed by atoms with E-state index < -0.39 is 0 Å². The predicted octanol–water partition coefficient (Wildman–Crippen LogP) is 2.85. The van der Waals surface area contributed by atoms with Crippen LogP contribution in [0, 0.1) is 11.3 Å². The lowest BCUT2D eigenvalue weighted by atomic mass is 9.84. The Kier molecular flexibility index (Phi) is 10.1. The maximum atomic E-state index is 11.7. The molecule has 2 N–H and O–H groups in total. The third kappa shape index (κ3) is 8.22. The Labute approximate surface area is 159 Å². The second-order valence-corrected chi connectivity index (χ2v) is 7.51. The highest BCUT2D eigenvalue weighted by Gasteiger charge is 2.26. The van der Waals surface area contributed by atoms with Gasteiger partial charge >= 0.3 is 0 Å². The first-order valence-electron chi connectivity index (χ1n) is 8.52. The fourth-order valence-electron chi connectivity index (χ4n) is 3.22. The van der Waals surface area contributed by atoms with Gasteiger partial charge in [-0.15, -0.1) is 24.0 Å². The smallest absolute Gasteiger partial charge is 0.222 e. The van der Waals surface area contributed by atoms with Crippen molar-refractivity contribution in [1.29, 1.82) is 0 Å². The van der Waals surface area contributed by atoms with Gasteiger partial charge in [-0.05, 0) is 24.2 Å². The third-order valence-electron chi connectivity index (χ3n) is 4.10. The molecule has 0 aromatic heterocycles. The van der Waals surface area contributed by atoms with Crippen LogP contribution < -0.4 is 10.6 Å². The molecule has 0 aromatic rings. The fraction of sp³-hybridized carbons (Fsp3) is 0.882. The summed E-state index contributed by atoms with van der Waals surface area (Å²) in [4.78, 5) is 18.0. The van der Waals surface area contributed by atoms with E-state index in [0.717, 1.165) is 32.0 Å². The van der Waals surface area contributed by atoms with Crippen LogP contribution in [-0.2, 0) is 4.79 Å². The zero-order valence-corrected chi connectivity index (χ0v) is 17.9. The van der Waals surface area contributed by atoms with Crippen molar-refractivity contribution >= 4 is 35.8 Å². The van der Waals surface area contributed by atoms with Crippen LogP contribution in [-0.4, -0.2) is 49.5 Å². The van der Waals surface area contributed by atoms with Crippen molar-refractivity contribution < 1.29 is 4.79 Å². The second kappa shape index (κ2) is 10.4. The average molecular weight is 438 g/mol. The Morgan fingerprint density at radius 1 is 1.39 bits per heavy atom. The quantitative estimate of drug-likeness (QED) is 0.381. The van der Waals surface area contributed by atoms with Gasteiger partial charge in [0.2, 0.25) is 5.91 Å². The van der Waals surface area contributed by atoms with Crippen LogP contribution in [0.4, 0.5) is 0 Å². The predicted molar refractivity (Wildman–Crippen MR) is 108 cm³/mol. The van der Waals surface area contributed by atoms with Gasteiger partial charge in [-0.2, -0.15) is 0 Å². The van der Waals surface area contributed by atoms with Gasteiger partial charge in [0, 0.05) is 39.1 Å². The summed E-state index contributed by atoms with van der Waals surface area (Å²) >= 11 is 0. The minimum absolute atomic E-state index is 0. The van der Waals surface area contributed by atoms with Gasteiger partial charge in [-0.1, -0.05) is 34.6 Å². The van der Waals surface area contributed by atoms with Crippen molar-refractivity contribution in [2.45, 2.75) is 59.9 Å². The van der Waals surface area contributed by atoms with Gasteiger partial charge < -0.3 is 15.5 Å². The minimum atomic E-state index is 0. The first-order valence-corrected chi connectivity index (χ1v) is 8.52. The van der Waals surface area contributed by atoms with Gasteiger partial charge in [0.15, 0.2) is 5.96 Å².